The van der Waals surface area contributed by atoms with Crippen molar-refractivity contribution >= 4 is 23.1 Å². The van der Waals surface area contributed by atoms with Crippen LogP contribution in [0.15, 0.2) is 22.7 Å². The van der Waals surface area contributed by atoms with Crippen LogP contribution in [0.3, 0.4) is 0 Å². The molecule has 1 aromatic heterocycles. The molecule has 1 aliphatic rings. The molecule has 0 unspecified atom stereocenters. The zero-order chi connectivity index (χ0) is 14.4. The van der Waals surface area contributed by atoms with E-state index < -0.39 is 5.41 Å². The Labute approximate surface area is 122 Å². The molecule has 6 heteroatoms. The molecule has 0 aromatic carbocycles. The minimum absolute atomic E-state index is 0.0445. The van der Waals surface area contributed by atoms with Crippen molar-refractivity contribution in [2.24, 2.45) is 16.3 Å². The molecule has 4 N–H and O–H groups in total. The Morgan fingerprint density at radius 3 is 2.65 bits per heavy atom. The van der Waals surface area contributed by atoms with E-state index in [0.717, 1.165) is 30.6 Å². The quantitative estimate of drug-likeness (QED) is 0.262. The molecule has 1 fully saturated rings. The van der Waals surface area contributed by atoms with Crippen molar-refractivity contribution in [1.29, 1.82) is 0 Å². The van der Waals surface area contributed by atoms with E-state index in [1.165, 1.54) is 0 Å². The molecule has 2 rings (SSSR count). The van der Waals surface area contributed by atoms with E-state index in [4.69, 9.17) is 10.9 Å². The van der Waals surface area contributed by atoms with Crippen molar-refractivity contribution < 1.29 is 10.0 Å². The number of nitrogens with one attached hydrogen (secondary N) is 1. The number of amides is 1. The van der Waals surface area contributed by atoms with Crippen LogP contribution >= 0.6 is 11.3 Å². The van der Waals surface area contributed by atoms with Crippen molar-refractivity contribution in [3.63, 3.8) is 0 Å². The van der Waals surface area contributed by atoms with Gasteiger partial charge in [-0.05, 0) is 24.3 Å². The molecule has 110 valence electrons. The van der Waals surface area contributed by atoms with Gasteiger partial charge in [-0.2, -0.15) is 0 Å². The summed E-state index contributed by atoms with van der Waals surface area (Å²) in [5.41, 5.74) is 5.00. The lowest BCUT2D eigenvalue weighted by Gasteiger charge is -2.29. The van der Waals surface area contributed by atoms with E-state index in [1.54, 1.807) is 11.3 Å². The molecular weight excluding hydrogens is 274 g/mol. The largest absolute Gasteiger partial charge is 0.409 e. The zero-order valence-corrected chi connectivity index (χ0v) is 12.3. The van der Waals surface area contributed by atoms with Gasteiger partial charge in [0, 0.05) is 4.88 Å². The Balaban J connectivity index is 2.11. The standard InChI is InChI=1S/C14H21N3O2S/c15-12(17-19)14(7-3-1-2-4-8-14)13(18)16-10-11-6-5-9-20-11/h5-6,9,19H,1-4,7-8,10H2,(H2,15,17)(H,16,18). The van der Waals surface area contributed by atoms with Crippen molar-refractivity contribution in [2.45, 2.75) is 45.1 Å². The van der Waals surface area contributed by atoms with Gasteiger partial charge in [-0.15, -0.1) is 11.3 Å². The molecule has 1 amide bonds. The van der Waals surface area contributed by atoms with E-state index >= 15 is 0 Å². The summed E-state index contributed by atoms with van der Waals surface area (Å²) in [5.74, 6) is -0.0776. The minimum atomic E-state index is -0.845. The number of hydrogen-bond acceptors (Lipinski definition) is 4. The number of oxime groups is 1. The number of hydrogen-bond donors (Lipinski definition) is 3. The molecule has 1 saturated carbocycles. The normalized spacial score (nSPS) is 19.3. The van der Waals surface area contributed by atoms with E-state index in [2.05, 4.69) is 10.5 Å². The monoisotopic (exact) mass is 295 g/mol. The Morgan fingerprint density at radius 1 is 1.40 bits per heavy atom. The lowest BCUT2D eigenvalue weighted by Crippen LogP contribution is -2.49. The fourth-order valence-electron chi connectivity index (χ4n) is 2.78. The van der Waals surface area contributed by atoms with Crippen LogP contribution < -0.4 is 11.1 Å². The Bertz CT molecular complexity index is 463. The van der Waals surface area contributed by atoms with Crippen LogP contribution in [-0.4, -0.2) is 17.0 Å². The second-order valence-electron chi connectivity index (χ2n) is 5.24. The maximum Gasteiger partial charge on any atom is 0.234 e. The van der Waals surface area contributed by atoms with Crippen LogP contribution in [0.1, 0.15) is 43.4 Å². The maximum absolute atomic E-state index is 12.6. The number of nitrogens with zero attached hydrogens (tertiary/aromatic N) is 1. The number of thiophene rings is 1. The predicted molar refractivity (Wildman–Crippen MR) is 79.7 cm³/mol. The third-order valence-electron chi connectivity index (χ3n) is 3.99. The fourth-order valence-corrected chi connectivity index (χ4v) is 3.42. The number of carbonyl (C=O) groups excluding carboxylic acids is 1. The Morgan fingerprint density at radius 2 is 2.10 bits per heavy atom. The van der Waals surface area contributed by atoms with Gasteiger partial charge in [0.1, 0.15) is 5.41 Å². The Kier molecular flexibility index (Phi) is 5.00. The first-order valence-corrected chi connectivity index (χ1v) is 7.86. The summed E-state index contributed by atoms with van der Waals surface area (Å²) >= 11 is 1.60. The van der Waals surface area contributed by atoms with Gasteiger partial charge in [0.25, 0.3) is 0 Å². The van der Waals surface area contributed by atoms with Crippen LogP contribution in [0, 0.1) is 5.41 Å². The molecule has 1 aromatic rings. The summed E-state index contributed by atoms with van der Waals surface area (Å²) in [6.45, 7) is 0.497. The fraction of sp³-hybridized carbons (Fsp3) is 0.571. The van der Waals surface area contributed by atoms with Crippen LogP contribution in [0.5, 0.6) is 0 Å². The predicted octanol–water partition coefficient (Wildman–Crippen LogP) is 2.45. The summed E-state index contributed by atoms with van der Waals surface area (Å²) in [5, 5.41) is 17.1. The van der Waals surface area contributed by atoms with E-state index in [9.17, 15) is 4.79 Å². The van der Waals surface area contributed by atoms with Gasteiger partial charge >= 0.3 is 0 Å². The summed E-state index contributed by atoms with van der Waals surface area (Å²) in [6, 6.07) is 3.94. The summed E-state index contributed by atoms with van der Waals surface area (Å²) < 4.78 is 0. The van der Waals surface area contributed by atoms with Crippen LogP contribution in [-0.2, 0) is 11.3 Å². The lowest BCUT2D eigenvalue weighted by molar-refractivity contribution is -0.128. The van der Waals surface area contributed by atoms with Crippen LogP contribution in [0.4, 0.5) is 0 Å². The third-order valence-corrected chi connectivity index (χ3v) is 4.87. The highest BCUT2D eigenvalue weighted by molar-refractivity contribution is 7.09. The first-order valence-electron chi connectivity index (χ1n) is 6.98. The molecule has 0 saturated heterocycles. The highest BCUT2D eigenvalue weighted by Gasteiger charge is 2.42. The first kappa shape index (κ1) is 14.8. The topological polar surface area (TPSA) is 87.7 Å². The second-order valence-corrected chi connectivity index (χ2v) is 6.28. The van der Waals surface area contributed by atoms with Gasteiger partial charge in [0.2, 0.25) is 5.91 Å². The number of carbonyl (C=O) groups is 1. The number of rotatable bonds is 4. The zero-order valence-electron chi connectivity index (χ0n) is 11.5. The second kappa shape index (κ2) is 6.74. The van der Waals surface area contributed by atoms with Crippen LogP contribution in [0.25, 0.3) is 0 Å². The molecule has 20 heavy (non-hydrogen) atoms. The maximum atomic E-state index is 12.6. The Hall–Kier alpha value is -1.56. The highest BCUT2D eigenvalue weighted by Crippen LogP contribution is 2.35. The smallest absolute Gasteiger partial charge is 0.234 e. The molecule has 5 nitrogen and oxygen atoms in total. The van der Waals surface area contributed by atoms with Gasteiger partial charge in [0.05, 0.1) is 6.54 Å². The lowest BCUT2D eigenvalue weighted by atomic mass is 9.78. The average Bonchev–Trinajstić information content (AvgIpc) is 2.86. The van der Waals surface area contributed by atoms with E-state index in [1.807, 2.05) is 17.5 Å². The highest BCUT2D eigenvalue weighted by atomic mass is 32.1. The molecule has 0 spiro atoms. The van der Waals surface area contributed by atoms with Crippen molar-refractivity contribution in [3.8, 4) is 0 Å². The van der Waals surface area contributed by atoms with E-state index in [-0.39, 0.29) is 11.7 Å². The average molecular weight is 295 g/mol. The molecule has 1 aliphatic carbocycles. The molecule has 0 atom stereocenters. The van der Waals surface area contributed by atoms with Gasteiger partial charge in [-0.1, -0.05) is 36.9 Å². The number of amidine groups is 1. The van der Waals surface area contributed by atoms with Gasteiger partial charge < -0.3 is 16.3 Å². The van der Waals surface area contributed by atoms with Crippen LogP contribution in [0.2, 0.25) is 0 Å². The van der Waals surface area contributed by atoms with Gasteiger partial charge in [-0.3, -0.25) is 4.79 Å². The third kappa shape index (κ3) is 3.12. The SMILES string of the molecule is NC(=NO)C1(C(=O)NCc2cccs2)CCCCCC1. The first-order chi connectivity index (χ1) is 9.69. The van der Waals surface area contributed by atoms with Gasteiger partial charge in [0.15, 0.2) is 5.84 Å². The molecular formula is C14H21N3O2S. The molecule has 0 radical (unpaired) electrons. The number of nitrogens with two attached hydrogens (primary N) is 1. The van der Waals surface area contributed by atoms with Crippen molar-refractivity contribution in [1.82, 2.24) is 5.32 Å². The van der Waals surface area contributed by atoms with Gasteiger partial charge in [-0.25, -0.2) is 0 Å². The molecule has 1 heterocycles. The summed E-state index contributed by atoms with van der Waals surface area (Å²) in [4.78, 5) is 13.7. The summed E-state index contributed by atoms with van der Waals surface area (Å²) in [7, 11) is 0. The van der Waals surface area contributed by atoms with E-state index in [0.29, 0.717) is 19.4 Å². The molecule has 0 aliphatic heterocycles. The summed E-state index contributed by atoms with van der Waals surface area (Å²) in [6.07, 6.45) is 5.36. The van der Waals surface area contributed by atoms with Crippen molar-refractivity contribution in [2.75, 3.05) is 0 Å². The molecule has 0 bridgehead atoms. The minimum Gasteiger partial charge on any atom is -0.409 e. The van der Waals surface area contributed by atoms with Crippen molar-refractivity contribution in [3.05, 3.63) is 22.4 Å².